The molecule has 1 aliphatic carbocycles. The number of nitrogens with one attached hydrogen (secondary N) is 1. The van der Waals surface area contributed by atoms with Crippen LogP contribution >= 0.6 is 11.3 Å². The number of halogens is 3. The average molecular weight is 582 g/mol. The Labute approximate surface area is 229 Å². The molecular weight excluding hydrogens is 551 g/mol. The number of carbonyl (C=O) groups is 1. The van der Waals surface area contributed by atoms with E-state index in [1.165, 1.54) is 10.4 Å². The molecule has 5 rings (SSSR count). The lowest BCUT2D eigenvalue weighted by molar-refractivity contribution is -0.140. The number of rotatable bonds is 7. The second-order valence-electron chi connectivity index (χ2n) is 10.2. The van der Waals surface area contributed by atoms with E-state index in [4.69, 9.17) is 0 Å². The fraction of sp³-hybridized carbons (Fsp3) is 0.500. The number of hydrogen-bond donors (Lipinski definition) is 1. The number of amides is 1. The van der Waals surface area contributed by atoms with E-state index >= 15 is 0 Å². The van der Waals surface area contributed by atoms with Gasteiger partial charge in [0, 0.05) is 26.2 Å². The molecule has 1 aromatic carbocycles. The number of pyridine rings is 1. The quantitative estimate of drug-likeness (QED) is 0.424. The molecule has 2 aromatic heterocycles. The molecule has 39 heavy (non-hydrogen) atoms. The summed E-state index contributed by atoms with van der Waals surface area (Å²) < 4.78 is 66.9. The Morgan fingerprint density at radius 1 is 1.05 bits per heavy atom. The van der Waals surface area contributed by atoms with Crippen molar-refractivity contribution in [3.05, 3.63) is 47.7 Å². The molecule has 2 fully saturated rings. The van der Waals surface area contributed by atoms with Gasteiger partial charge >= 0.3 is 6.18 Å². The summed E-state index contributed by atoms with van der Waals surface area (Å²) in [7, 11) is -1.68. The average Bonchev–Trinajstić information content (AvgIpc) is 3.56. The SMILES string of the molecule is CN1CCN(S(=O)(=O)c2ccc(C(CC3CCCC3)C(=O)Nc3nc4ccc(C(F)(F)F)nc4s3)cc2)CC1. The van der Waals surface area contributed by atoms with E-state index in [-0.39, 0.29) is 26.3 Å². The van der Waals surface area contributed by atoms with Gasteiger partial charge in [-0.25, -0.2) is 18.4 Å². The monoisotopic (exact) mass is 581 g/mol. The van der Waals surface area contributed by atoms with Crippen LogP contribution in [0.1, 0.15) is 49.3 Å². The van der Waals surface area contributed by atoms with Crippen LogP contribution in [-0.4, -0.2) is 66.7 Å². The van der Waals surface area contributed by atoms with Crippen molar-refractivity contribution in [3.63, 3.8) is 0 Å². The third-order valence-corrected chi connectivity index (χ3v) is 10.3. The highest BCUT2D eigenvalue weighted by Gasteiger charge is 2.33. The molecule has 1 atom stereocenters. The van der Waals surface area contributed by atoms with Crippen LogP contribution in [0.4, 0.5) is 18.3 Å². The number of likely N-dealkylation sites (N-methyl/N-ethyl adjacent to an activating group) is 1. The van der Waals surface area contributed by atoms with Gasteiger partial charge < -0.3 is 10.2 Å². The summed E-state index contributed by atoms with van der Waals surface area (Å²) in [6.07, 6.45) is 0.268. The highest BCUT2D eigenvalue weighted by Crippen LogP contribution is 2.36. The minimum atomic E-state index is -4.57. The first kappa shape index (κ1) is 27.9. The van der Waals surface area contributed by atoms with Crippen LogP contribution in [-0.2, 0) is 21.0 Å². The van der Waals surface area contributed by atoms with Crippen molar-refractivity contribution in [2.45, 2.75) is 49.1 Å². The zero-order valence-electron chi connectivity index (χ0n) is 21.4. The number of sulfonamides is 1. The van der Waals surface area contributed by atoms with E-state index in [0.717, 1.165) is 43.1 Å². The molecule has 210 valence electrons. The fourth-order valence-corrected chi connectivity index (χ4v) is 7.51. The van der Waals surface area contributed by atoms with Crippen LogP contribution in [0, 0.1) is 5.92 Å². The van der Waals surface area contributed by atoms with Crippen molar-refractivity contribution >= 4 is 42.7 Å². The number of thiazole rings is 1. The lowest BCUT2D eigenvalue weighted by Gasteiger charge is -2.31. The normalized spacial score (nSPS) is 19.0. The maximum Gasteiger partial charge on any atom is 0.433 e. The Bertz CT molecular complexity index is 1430. The first-order valence-corrected chi connectivity index (χ1v) is 15.2. The topological polar surface area (TPSA) is 95.5 Å². The molecule has 1 saturated heterocycles. The van der Waals surface area contributed by atoms with Crippen LogP contribution < -0.4 is 5.32 Å². The zero-order valence-corrected chi connectivity index (χ0v) is 23.1. The molecule has 8 nitrogen and oxygen atoms in total. The predicted molar refractivity (Wildman–Crippen MR) is 143 cm³/mol. The Morgan fingerprint density at radius 2 is 1.72 bits per heavy atom. The molecule has 1 unspecified atom stereocenters. The standard InChI is InChI=1S/C26H30F3N5O3S2/c1-33-12-14-34(15-13-33)39(36,37)19-8-6-18(7-9-19)20(16-17-4-2-3-5-17)23(35)32-25-30-21-10-11-22(26(27,28)29)31-24(21)38-25/h6-11,17,20H,2-5,12-16H2,1H3,(H,30,32,35). The van der Waals surface area contributed by atoms with Crippen molar-refractivity contribution in [2.24, 2.45) is 5.92 Å². The van der Waals surface area contributed by atoms with Crippen LogP contribution in [0.2, 0.25) is 0 Å². The van der Waals surface area contributed by atoms with E-state index in [9.17, 15) is 26.4 Å². The maximum atomic E-state index is 13.5. The number of hydrogen-bond acceptors (Lipinski definition) is 7. The number of piperazine rings is 1. The van der Waals surface area contributed by atoms with Gasteiger partial charge in [-0.1, -0.05) is 49.2 Å². The first-order valence-electron chi connectivity index (χ1n) is 12.9. The second kappa shape index (κ2) is 11.1. The number of nitrogens with zero attached hydrogens (tertiary/aromatic N) is 4. The van der Waals surface area contributed by atoms with E-state index in [1.807, 2.05) is 7.05 Å². The number of carbonyl (C=O) groups excluding carboxylic acids is 1. The molecule has 2 aliphatic rings. The van der Waals surface area contributed by atoms with Crippen molar-refractivity contribution < 1.29 is 26.4 Å². The molecule has 1 aliphatic heterocycles. The molecule has 3 aromatic rings. The summed E-state index contributed by atoms with van der Waals surface area (Å²) in [5.74, 6) is -0.522. The zero-order chi connectivity index (χ0) is 27.8. The highest BCUT2D eigenvalue weighted by molar-refractivity contribution is 7.89. The summed E-state index contributed by atoms with van der Waals surface area (Å²) in [6.45, 7) is 2.18. The first-order chi connectivity index (χ1) is 18.5. The lowest BCUT2D eigenvalue weighted by atomic mass is 9.87. The van der Waals surface area contributed by atoms with Crippen molar-refractivity contribution in [1.82, 2.24) is 19.2 Å². The molecule has 3 heterocycles. The third kappa shape index (κ3) is 6.26. The minimum Gasteiger partial charge on any atom is -0.304 e. The molecule has 0 radical (unpaired) electrons. The number of anilines is 1. The number of benzene rings is 1. The van der Waals surface area contributed by atoms with Gasteiger partial charge in [0.2, 0.25) is 15.9 Å². The Kier molecular flexibility index (Phi) is 7.96. The molecule has 1 saturated carbocycles. The van der Waals surface area contributed by atoms with Crippen molar-refractivity contribution in [2.75, 3.05) is 38.5 Å². The van der Waals surface area contributed by atoms with Gasteiger partial charge in [0.1, 0.15) is 16.0 Å². The fourth-order valence-electron chi connectivity index (χ4n) is 5.24. The van der Waals surface area contributed by atoms with E-state index < -0.39 is 27.8 Å². The van der Waals surface area contributed by atoms with Crippen LogP contribution in [0.15, 0.2) is 41.3 Å². The summed E-state index contributed by atoms with van der Waals surface area (Å²) in [5, 5.41) is 2.95. The van der Waals surface area contributed by atoms with Gasteiger partial charge in [-0.15, -0.1) is 0 Å². The van der Waals surface area contributed by atoms with Gasteiger partial charge in [0.25, 0.3) is 0 Å². The molecule has 1 N–H and O–H groups in total. The van der Waals surface area contributed by atoms with E-state index in [2.05, 4.69) is 20.2 Å². The minimum absolute atomic E-state index is 0.0888. The largest absolute Gasteiger partial charge is 0.433 e. The van der Waals surface area contributed by atoms with Gasteiger partial charge in [0.05, 0.1) is 10.8 Å². The van der Waals surface area contributed by atoms with Crippen LogP contribution in [0.25, 0.3) is 10.3 Å². The van der Waals surface area contributed by atoms with Gasteiger partial charge in [-0.3, -0.25) is 4.79 Å². The highest BCUT2D eigenvalue weighted by atomic mass is 32.2. The summed E-state index contributed by atoms with van der Waals surface area (Å²) in [4.78, 5) is 23.8. The van der Waals surface area contributed by atoms with Crippen molar-refractivity contribution in [1.29, 1.82) is 0 Å². The Morgan fingerprint density at radius 3 is 2.36 bits per heavy atom. The summed E-state index contributed by atoms with van der Waals surface area (Å²) >= 11 is 0.891. The van der Waals surface area contributed by atoms with Gasteiger partial charge in [-0.05, 0) is 49.2 Å². The Hall–Kier alpha value is -2.61. The number of alkyl halides is 3. The van der Waals surface area contributed by atoms with Crippen LogP contribution in [0.3, 0.4) is 0 Å². The molecule has 13 heteroatoms. The lowest BCUT2D eigenvalue weighted by Crippen LogP contribution is -2.47. The predicted octanol–water partition coefficient (Wildman–Crippen LogP) is 4.95. The number of fused-ring (bicyclic) bond motifs is 1. The second-order valence-corrected chi connectivity index (χ2v) is 13.2. The molecular formula is C26H30F3N5O3S2. The van der Waals surface area contributed by atoms with Gasteiger partial charge in [0.15, 0.2) is 5.13 Å². The Balaban J connectivity index is 1.37. The summed E-state index contributed by atoms with van der Waals surface area (Å²) in [6, 6.07) is 8.60. The summed E-state index contributed by atoms with van der Waals surface area (Å²) in [5.41, 5.74) is -0.0494. The third-order valence-electron chi connectivity index (χ3n) is 7.52. The molecule has 0 bridgehead atoms. The maximum absolute atomic E-state index is 13.5. The number of aromatic nitrogens is 2. The molecule has 0 spiro atoms. The smallest absolute Gasteiger partial charge is 0.304 e. The van der Waals surface area contributed by atoms with Crippen LogP contribution in [0.5, 0.6) is 0 Å². The van der Waals surface area contributed by atoms with Crippen molar-refractivity contribution in [3.8, 4) is 0 Å². The van der Waals surface area contributed by atoms with E-state index in [0.29, 0.717) is 44.1 Å². The molecule has 1 amide bonds. The van der Waals surface area contributed by atoms with E-state index in [1.54, 1.807) is 24.3 Å². The van der Waals surface area contributed by atoms with Gasteiger partial charge in [-0.2, -0.15) is 17.5 Å².